The maximum absolute atomic E-state index is 14.1. The van der Waals surface area contributed by atoms with Crippen LogP contribution >= 0.6 is 0 Å². The molecule has 0 aliphatic carbocycles. The van der Waals surface area contributed by atoms with Crippen LogP contribution in [-0.2, 0) is 0 Å². The lowest BCUT2D eigenvalue weighted by atomic mass is 10.1. The number of fused-ring (bicyclic) bond motifs is 1. The molecule has 2 aromatic heterocycles. The fourth-order valence-corrected chi connectivity index (χ4v) is 2.55. The third-order valence-corrected chi connectivity index (χ3v) is 3.65. The summed E-state index contributed by atoms with van der Waals surface area (Å²) in [5.74, 6) is -1.96. The van der Waals surface area contributed by atoms with Crippen LogP contribution in [0.3, 0.4) is 0 Å². The highest BCUT2D eigenvalue weighted by Crippen LogP contribution is 2.28. The number of nitrogens with zero attached hydrogens (tertiary/aromatic N) is 2. The van der Waals surface area contributed by atoms with Crippen LogP contribution in [0.5, 0.6) is 0 Å². The zero-order valence-electron chi connectivity index (χ0n) is 12.2. The first-order chi connectivity index (χ1) is 11.6. The number of aromatic amines is 1. The van der Waals surface area contributed by atoms with Crippen molar-refractivity contribution in [3.8, 4) is 23.0 Å². The van der Waals surface area contributed by atoms with Gasteiger partial charge in [-0.3, -0.25) is 0 Å². The number of halogens is 1. The summed E-state index contributed by atoms with van der Waals surface area (Å²) in [6.07, 6.45) is 0. The summed E-state index contributed by atoms with van der Waals surface area (Å²) >= 11 is 0. The molecule has 0 fully saturated rings. The molecule has 0 aliphatic rings. The fraction of sp³-hybridized carbons (Fsp3) is 0. The molecule has 24 heavy (non-hydrogen) atoms. The molecule has 6 nitrogen and oxygen atoms in total. The summed E-state index contributed by atoms with van der Waals surface area (Å²) in [4.78, 5) is 18.5. The van der Waals surface area contributed by atoms with Gasteiger partial charge in [-0.15, -0.1) is 0 Å². The maximum atomic E-state index is 14.1. The first-order valence-corrected chi connectivity index (χ1v) is 7.07. The number of aromatic nitrogens is 3. The third kappa shape index (κ3) is 2.23. The third-order valence-electron chi connectivity index (χ3n) is 3.65. The minimum atomic E-state index is -1.27. The maximum Gasteiger partial charge on any atom is 0.336 e. The van der Waals surface area contributed by atoms with Gasteiger partial charge in [0.05, 0.1) is 16.8 Å². The second-order valence-corrected chi connectivity index (χ2v) is 5.16. The Morgan fingerprint density at radius 2 is 2.00 bits per heavy atom. The van der Waals surface area contributed by atoms with E-state index in [2.05, 4.69) is 15.1 Å². The Kier molecular flexibility index (Phi) is 3.13. The van der Waals surface area contributed by atoms with Gasteiger partial charge in [0.1, 0.15) is 5.82 Å². The van der Waals surface area contributed by atoms with E-state index in [0.29, 0.717) is 5.69 Å². The average Bonchev–Trinajstić information content (AvgIpc) is 3.21. The number of carbonyl (C=O) groups is 1. The van der Waals surface area contributed by atoms with Gasteiger partial charge in [-0.25, -0.2) is 9.18 Å². The van der Waals surface area contributed by atoms with Crippen molar-refractivity contribution in [1.29, 1.82) is 0 Å². The number of hydrogen-bond acceptors (Lipinski definition) is 4. The van der Waals surface area contributed by atoms with E-state index in [-0.39, 0.29) is 22.8 Å². The molecule has 7 heteroatoms. The van der Waals surface area contributed by atoms with Crippen molar-refractivity contribution < 1.29 is 18.8 Å². The zero-order chi connectivity index (χ0) is 16.7. The molecule has 0 bridgehead atoms. The largest absolute Gasteiger partial charge is 0.478 e. The zero-order valence-corrected chi connectivity index (χ0v) is 12.2. The van der Waals surface area contributed by atoms with Crippen molar-refractivity contribution in [1.82, 2.24) is 15.1 Å². The number of nitrogens with one attached hydrogen (secondary N) is 1. The van der Waals surface area contributed by atoms with Crippen LogP contribution < -0.4 is 0 Å². The quantitative estimate of drug-likeness (QED) is 0.599. The number of H-pyrrole nitrogens is 1. The number of carboxylic acid groups (broad SMARTS) is 1. The van der Waals surface area contributed by atoms with Gasteiger partial charge in [0.15, 0.2) is 0 Å². The van der Waals surface area contributed by atoms with E-state index in [0.717, 1.165) is 17.0 Å². The van der Waals surface area contributed by atoms with Crippen molar-refractivity contribution in [3.05, 3.63) is 59.9 Å². The Balaban J connectivity index is 1.82. The van der Waals surface area contributed by atoms with Crippen LogP contribution in [0.1, 0.15) is 10.4 Å². The molecule has 0 atom stereocenters. The number of hydrogen-bond donors (Lipinski definition) is 2. The van der Waals surface area contributed by atoms with Crippen molar-refractivity contribution in [2.75, 3.05) is 0 Å². The van der Waals surface area contributed by atoms with E-state index >= 15 is 0 Å². The van der Waals surface area contributed by atoms with Gasteiger partial charge < -0.3 is 14.6 Å². The lowest BCUT2D eigenvalue weighted by molar-refractivity contribution is 0.0697. The van der Waals surface area contributed by atoms with E-state index in [4.69, 9.17) is 4.52 Å². The van der Waals surface area contributed by atoms with E-state index in [1.54, 1.807) is 0 Å². The number of rotatable bonds is 3. The number of carboxylic acids is 1. The molecule has 0 radical (unpaired) electrons. The van der Waals surface area contributed by atoms with Gasteiger partial charge in [-0.2, -0.15) is 4.98 Å². The highest BCUT2D eigenvalue weighted by molar-refractivity contribution is 5.95. The monoisotopic (exact) mass is 323 g/mol. The minimum absolute atomic E-state index is 0.181. The van der Waals surface area contributed by atoms with Gasteiger partial charge in [0, 0.05) is 10.9 Å². The fourth-order valence-electron chi connectivity index (χ4n) is 2.55. The summed E-state index contributed by atoms with van der Waals surface area (Å²) < 4.78 is 19.2. The number of para-hydroxylation sites is 1. The summed E-state index contributed by atoms with van der Waals surface area (Å²) in [5.41, 5.74) is 1.04. The lowest BCUT2D eigenvalue weighted by Crippen LogP contribution is -2.01. The molecule has 2 aromatic carbocycles. The molecule has 2 heterocycles. The van der Waals surface area contributed by atoms with Crippen LogP contribution in [0.15, 0.2) is 53.1 Å². The Hall–Kier alpha value is -3.48. The molecule has 0 spiro atoms. The first kappa shape index (κ1) is 14.1. The molecule has 0 amide bonds. The molecule has 0 saturated carbocycles. The number of aromatic carboxylic acids is 1. The Bertz CT molecular complexity index is 1030. The second kappa shape index (κ2) is 5.31. The van der Waals surface area contributed by atoms with Gasteiger partial charge in [-0.05, 0) is 24.3 Å². The van der Waals surface area contributed by atoms with Crippen molar-refractivity contribution in [2.45, 2.75) is 0 Å². The average molecular weight is 323 g/mol. The highest BCUT2D eigenvalue weighted by Gasteiger charge is 2.22. The molecule has 0 aliphatic heterocycles. The predicted molar refractivity (Wildman–Crippen MR) is 83.9 cm³/mol. The standard InChI is InChI=1S/C17H10FN3O3/c18-11-6-3-5-10(17(22)23)14(11)16-20-15(21-24-16)13-8-9-4-1-2-7-12(9)19-13/h1-8,19H,(H,22,23). The van der Waals surface area contributed by atoms with Crippen molar-refractivity contribution >= 4 is 16.9 Å². The van der Waals surface area contributed by atoms with Crippen LogP contribution in [0.2, 0.25) is 0 Å². The van der Waals surface area contributed by atoms with Gasteiger partial charge in [-0.1, -0.05) is 29.4 Å². The highest BCUT2D eigenvalue weighted by atomic mass is 19.1. The summed E-state index contributed by atoms with van der Waals surface area (Å²) in [7, 11) is 0. The SMILES string of the molecule is O=C(O)c1cccc(F)c1-c1nc(-c2cc3ccccc3[nH]2)no1. The van der Waals surface area contributed by atoms with E-state index in [1.807, 2.05) is 30.3 Å². The summed E-state index contributed by atoms with van der Waals surface area (Å²) in [6, 6.07) is 13.2. The molecule has 4 rings (SSSR count). The van der Waals surface area contributed by atoms with Crippen molar-refractivity contribution in [3.63, 3.8) is 0 Å². The molecule has 4 aromatic rings. The van der Waals surface area contributed by atoms with E-state index in [9.17, 15) is 14.3 Å². The van der Waals surface area contributed by atoms with Gasteiger partial charge in [0.2, 0.25) is 5.82 Å². The minimum Gasteiger partial charge on any atom is -0.478 e. The smallest absolute Gasteiger partial charge is 0.336 e. The Morgan fingerprint density at radius 3 is 2.79 bits per heavy atom. The molecule has 118 valence electrons. The predicted octanol–water partition coefficient (Wildman–Crippen LogP) is 3.72. The van der Waals surface area contributed by atoms with Crippen LogP contribution in [0.4, 0.5) is 4.39 Å². The van der Waals surface area contributed by atoms with Crippen molar-refractivity contribution in [2.24, 2.45) is 0 Å². The molecular formula is C17H10FN3O3. The molecule has 2 N–H and O–H groups in total. The second-order valence-electron chi connectivity index (χ2n) is 5.16. The van der Waals surface area contributed by atoms with Crippen LogP contribution in [0, 0.1) is 5.82 Å². The van der Waals surface area contributed by atoms with Crippen LogP contribution in [-0.4, -0.2) is 26.2 Å². The van der Waals surface area contributed by atoms with Gasteiger partial charge in [0.25, 0.3) is 5.89 Å². The Labute approximate surface area is 134 Å². The molecule has 0 unspecified atom stereocenters. The number of benzene rings is 2. The topological polar surface area (TPSA) is 92.0 Å². The van der Waals surface area contributed by atoms with E-state index < -0.39 is 11.8 Å². The normalized spacial score (nSPS) is 11.0. The summed E-state index contributed by atoms with van der Waals surface area (Å²) in [6.45, 7) is 0. The Morgan fingerprint density at radius 1 is 1.17 bits per heavy atom. The van der Waals surface area contributed by atoms with E-state index in [1.165, 1.54) is 12.1 Å². The first-order valence-electron chi connectivity index (χ1n) is 7.07. The van der Waals surface area contributed by atoms with Crippen LogP contribution in [0.25, 0.3) is 33.9 Å². The molecule has 0 saturated heterocycles. The molecular weight excluding hydrogens is 313 g/mol. The summed E-state index contributed by atoms with van der Waals surface area (Å²) in [5, 5.41) is 14.0. The van der Waals surface area contributed by atoms with Gasteiger partial charge >= 0.3 is 5.97 Å². The lowest BCUT2D eigenvalue weighted by Gasteiger charge is -2.01.